The number of rotatable bonds is 4. The summed E-state index contributed by atoms with van der Waals surface area (Å²) in [4.78, 5) is 16.9. The summed E-state index contributed by atoms with van der Waals surface area (Å²) in [6.45, 7) is 5.49. The van der Waals surface area contributed by atoms with Gasteiger partial charge in [-0.3, -0.25) is 0 Å². The number of benzene rings is 1. The normalized spacial score (nSPS) is 17.5. The van der Waals surface area contributed by atoms with Crippen molar-refractivity contribution in [3.63, 3.8) is 0 Å². The largest absolute Gasteiger partial charge is 0.338 e. The zero-order valence-electron chi connectivity index (χ0n) is 18.7. The van der Waals surface area contributed by atoms with E-state index in [4.69, 9.17) is 0 Å². The van der Waals surface area contributed by atoms with Crippen molar-refractivity contribution in [3.8, 4) is 5.00 Å². The lowest BCUT2D eigenvalue weighted by molar-refractivity contribution is 0.180. The molecule has 1 N–H and O–H groups in total. The predicted octanol–water partition coefficient (Wildman–Crippen LogP) is 6.22. The van der Waals surface area contributed by atoms with E-state index in [1.165, 1.54) is 39.9 Å². The molecule has 0 saturated carbocycles. The van der Waals surface area contributed by atoms with E-state index < -0.39 is 0 Å². The molecule has 0 bridgehead atoms. The van der Waals surface area contributed by atoms with Gasteiger partial charge in [0.1, 0.15) is 10.8 Å². The Morgan fingerprint density at radius 2 is 2.03 bits per heavy atom. The summed E-state index contributed by atoms with van der Waals surface area (Å²) in [6.07, 6.45) is 7.64. The molecule has 0 fully saturated rings. The number of amides is 2. The first-order valence-corrected chi connectivity index (χ1v) is 12.5. The van der Waals surface area contributed by atoms with E-state index in [9.17, 15) is 9.18 Å². The zero-order valence-corrected chi connectivity index (χ0v) is 19.6. The molecule has 1 aliphatic carbocycles. The van der Waals surface area contributed by atoms with Crippen molar-refractivity contribution >= 4 is 17.4 Å². The van der Waals surface area contributed by atoms with Crippen LogP contribution in [0.2, 0.25) is 0 Å². The predicted molar refractivity (Wildman–Crippen MR) is 127 cm³/mol. The number of urea groups is 1. The number of thiophene rings is 1. The molecule has 0 radical (unpaired) electrons. The van der Waals surface area contributed by atoms with Crippen LogP contribution < -0.4 is 5.32 Å². The highest BCUT2D eigenvalue weighted by Gasteiger charge is 2.36. The standard InChI is InChI=1S/C26H30FN3OS/c1-17(2)12-13-28-26(31)30-16-21-20-9-3-4-11-23(20)32-25(21)29-14-6-10-22(29)24(30)18-7-5-8-19(27)15-18/h5-8,10,14-15,17,24H,3-4,9,11-13,16H2,1-2H3,(H,28,31)/t24-/m0/s1. The number of fused-ring (bicyclic) bond motifs is 5. The maximum absolute atomic E-state index is 14.2. The quantitative estimate of drug-likeness (QED) is 0.502. The number of halogens is 1. The number of carbonyl (C=O) groups is 1. The molecular weight excluding hydrogens is 421 g/mol. The molecule has 3 aromatic rings. The molecule has 2 aliphatic rings. The van der Waals surface area contributed by atoms with Crippen molar-refractivity contribution in [3.05, 3.63) is 75.7 Å². The molecule has 0 spiro atoms. The fraction of sp³-hybridized carbons (Fsp3) is 0.423. The van der Waals surface area contributed by atoms with Crippen LogP contribution >= 0.6 is 11.3 Å². The second-order valence-corrected chi connectivity index (χ2v) is 10.4. The van der Waals surface area contributed by atoms with Gasteiger partial charge in [0.2, 0.25) is 0 Å². The molecule has 168 valence electrons. The van der Waals surface area contributed by atoms with E-state index >= 15 is 0 Å². The van der Waals surface area contributed by atoms with Gasteiger partial charge in [0.25, 0.3) is 0 Å². The van der Waals surface area contributed by atoms with Crippen molar-refractivity contribution in [2.24, 2.45) is 5.92 Å². The van der Waals surface area contributed by atoms with Crippen LogP contribution in [-0.2, 0) is 19.4 Å². The summed E-state index contributed by atoms with van der Waals surface area (Å²) >= 11 is 1.86. The number of hydrogen-bond donors (Lipinski definition) is 1. The van der Waals surface area contributed by atoms with E-state index in [2.05, 4.69) is 36.0 Å². The molecule has 0 saturated heterocycles. The first-order chi connectivity index (χ1) is 15.5. The van der Waals surface area contributed by atoms with E-state index in [1.807, 2.05) is 28.4 Å². The van der Waals surface area contributed by atoms with Crippen LogP contribution in [0.4, 0.5) is 9.18 Å². The summed E-state index contributed by atoms with van der Waals surface area (Å²) in [7, 11) is 0. The van der Waals surface area contributed by atoms with Crippen molar-refractivity contribution in [1.29, 1.82) is 0 Å². The number of aryl methyl sites for hydroxylation is 1. The Labute approximate surface area is 193 Å². The second-order valence-electron chi connectivity index (χ2n) is 9.30. The van der Waals surface area contributed by atoms with Crippen molar-refractivity contribution < 1.29 is 9.18 Å². The van der Waals surface area contributed by atoms with E-state index in [1.54, 1.807) is 12.1 Å². The minimum atomic E-state index is -0.349. The molecular formula is C26H30FN3OS. The molecule has 3 heterocycles. The van der Waals surface area contributed by atoms with Crippen LogP contribution in [0.1, 0.15) is 66.4 Å². The van der Waals surface area contributed by atoms with Gasteiger partial charge in [-0.25, -0.2) is 9.18 Å². The SMILES string of the molecule is CC(C)CCNC(=O)N1Cc2c(sc3c2CCCC3)-n2cccc2[C@@H]1c1cccc(F)c1. The Hall–Kier alpha value is -2.60. The van der Waals surface area contributed by atoms with Crippen LogP contribution in [0.5, 0.6) is 0 Å². The average Bonchev–Trinajstić information content (AvgIpc) is 3.35. The topological polar surface area (TPSA) is 37.3 Å². The van der Waals surface area contributed by atoms with Crippen LogP contribution in [0.25, 0.3) is 5.00 Å². The summed E-state index contributed by atoms with van der Waals surface area (Å²) in [5.74, 6) is 0.239. The van der Waals surface area contributed by atoms with Gasteiger partial charge in [0.05, 0.1) is 18.3 Å². The molecule has 5 rings (SSSR count). The first-order valence-electron chi connectivity index (χ1n) is 11.6. The molecule has 4 nitrogen and oxygen atoms in total. The van der Waals surface area contributed by atoms with Gasteiger partial charge < -0.3 is 14.8 Å². The second kappa shape index (κ2) is 8.74. The maximum atomic E-state index is 14.2. The fourth-order valence-electron chi connectivity index (χ4n) is 4.98. The fourth-order valence-corrected chi connectivity index (χ4v) is 6.39. The van der Waals surface area contributed by atoms with Crippen molar-refractivity contribution in [2.45, 2.75) is 58.5 Å². The lowest BCUT2D eigenvalue weighted by atomic mass is 9.95. The molecule has 32 heavy (non-hydrogen) atoms. The minimum absolute atomic E-state index is 0.0868. The third-order valence-corrected chi connectivity index (χ3v) is 7.94. The Kier molecular flexibility index (Phi) is 5.80. The van der Waals surface area contributed by atoms with E-state index in [-0.39, 0.29) is 17.9 Å². The monoisotopic (exact) mass is 451 g/mol. The lowest BCUT2D eigenvalue weighted by Gasteiger charge is -2.31. The number of hydrogen-bond acceptors (Lipinski definition) is 2. The van der Waals surface area contributed by atoms with E-state index in [0.29, 0.717) is 19.0 Å². The van der Waals surface area contributed by atoms with Crippen LogP contribution in [0.3, 0.4) is 0 Å². The highest BCUT2D eigenvalue weighted by Crippen LogP contribution is 2.44. The van der Waals surface area contributed by atoms with Crippen LogP contribution in [-0.4, -0.2) is 22.0 Å². The Balaban J connectivity index is 1.62. The third kappa shape index (κ3) is 3.85. The summed E-state index contributed by atoms with van der Waals surface area (Å²) in [6, 6.07) is 10.3. The highest BCUT2D eigenvalue weighted by molar-refractivity contribution is 7.15. The van der Waals surface area contributed by atoms with Crippen LogP contribution in [0.15, 0.2) is 42.6 Å². The van der Waals surface area contributed by atoms with Gasteiger partial charge in [0, 0.05) is 23.2 Å². The molecule has 6 heteroatoms. The summed E-state index contributed by atoms with van der Waals surface area (Å²) in [5, 5.41) is 4.36. The Morgan fingerprint density at radius 3 is 2.84 bits per heavy atom. The smallest absolute Gasteiger partial charge is 0.318 e. The molecule has 1 aromatic carbocycles. The Bertz CT molecular complexity index is 1130. The van der Waals surface area contributed by atoms with E-state index in [0.717, 1.165) is 30.5 Å². The average molecular weight is 452 g/mol. The van der Waals surface area contributed by atoms with Crippen LogP contribution in [0, 0.1) is 11.7 Å². The minimum Gasteiger partial charge on any atom is -0.338 e. The summed E-state index contributed by atoms with van der Waals surface area (Å²) < 4.78 is 16.5. The molecule has 2 aromatic heterocycles. The third-order valence-electron chi connectivity index (χ3n) is 6.60. The number of nitrogens with zero attached hydrogens (tertiary/aromatic N) is 2. The molecule has 1 atom stereocenters. The van der Waals surface area contributed by atoms with Gasteiger partial charge in [-0.1, -0.05) is 26.0 Å². The summed E-state index contributed by atoms with van der Waals surface area (Å²) in [5.41, 5.74) is 4.50. The number of nitrogens with one attached hydrogen (secondary N) is 1. The van der Waals surface area contributed by atoms with Crippen molar-refractivity contribution in [2.75, 3.05) is 6.54 Å². The van der Waals surface area contributed by atoms with Gasteiger partial charge in [-0.15, -0.1) is 11.3 Å². The number of carbonyl (C=O) groups excluding carboxylic acids is 1. The number of aromatic nitrogens is 1. The van der Waals surface area contributed by atoms with Gasteiger partial charge in [0.15, 0.2) is 0 Å². The van der Waals surface area contributed by atoms with Gasteiger partial charge in [-0.05, 0) is 73.4 Å². The maximum Gasteiger partial charge on any atom is 0.318 e. The molecule has 0 unspecified atom stereocenters. The Morgan fingerprint density at radius 1 is 1.19 bits per heavy atom. The molecule has 1 aliphatic heterocycles. The zero-order chi connectivity index (χ0) is 22.2. The molecule has 2 amide bonds. The van der Waals surface area contributed by atoms with Crippen molar-refractivity contribution in [1.82, 2.24) is 14.8 Å². The highest BCUT2D eigenvalue weighted by atomic mass is 32.1. The first kappa shape index (κ1) is 21.3. The van der Waals surface area contributed by atoms with Gasteiger partial charge >= 0.3 is 6.03 Å². The van der Waals surface area contributed by atoms with Gasteiger partial charge in [-0.2, -0.15) is 0 Å². The lowest BCUT2D eigenvalue weighted by Crippen LogP contribution is -2.42.